The van der Waals surface area contributed by atoms with E-state index in [4.69, 9.17) is 0 Å². The van der Waals surface area contributed by atoms with Crippen molar-refractivity contribution in [2.24, 2.45) is 0 Å². The molecule has 0 aliphatic heterocycles. The van der Waals surface area contributed by atoms with Crippen molar-refractivity contribution >= 4 is 23.3 Å². The average molecular weight is 377 g/mol. The fourth-order valence-corrected chi connectivity index (χ4v) is 2.95. The Balaban J connectivity index is 1.68. The predicted octanol–water partition coefficient (Wildman–Crippen LogP) is 3.42. The Hall–Kier alpha value is -3.61. The minimum atomic E-state index is -0.293. The second-order valence-corrected chi connectivity index (χ2v) is 6.40. The summed E-state index contributed by atoms with van der Waals surface area (Å²) in [4.78, 5) is 23.8. The third-order valence-electron chi connectivity index (χ3n) is 4.43. The number of carbonyl (C=O) groups excluding carboxylic acids is 2. The van der Waals surface area contributed by atoms with Gasteiger partial charge in [-0.1, -0.05) is 18.2 Å². The molecule has 3 aromatic rings. The number of carbonyl (C=O) groups is 2. The zero-order valence-corrected chi connectivity index (χ0v) is 16.1. The Morgan fingerprint density at radius 2 is 1.54 bits per heavy atom. The lowest BCUT2D eigenvalue weighted by atomic mass is 10.1. The molecule has 1 heterocycles. The molecule has 2 aromatic carbocycles. The molecule has 1 aromatic heterocycles. The maximum absolute atomic E-state index is 12.5. The summed E-state index contributed by atoms with van der Waals surface area (Å²) in [6, 6.07) is 16.5. The van der Waals surface area contributed by atoms with Gasteiger partial charge in [0.05, 0.1) is 17.8 Å². The standard InChI is InChI=1S/C21H23N5O2/c1-14-19(15(2)26(25-14)18-7-5-4-6-8-18)13-20(27)23-16-9-11-17(12-10-16)24-21(28)22-3/h4-12H,13H2,1-3H3,(H,23,27)(H2,22,24,28). The summed E-state index contributed by atoms with van der Waals surface area (Å²) in [6.07, 6.45) is 0.239. The van der Waals surface area contributed by atoms with E-state index in [1.807, 2.05) is 48.9 Å². The molecule has 0 aliphatic carbocycles. The van der Waals surface area contributed by atoms with Gasteiger partial charge in [-0.25, -0.2) is 9.48 Å². The molecule has 0 fully saturated rings. The van der Waals surface area contributed by atoms with Crippen LogP contribution in [0.1, 0.15) is 17.0 Å². The van der Waals surface area contributed by atoms with Crippen LogP contribution in [0.15, 0.2) is 54.6 Å². The zero-order valence-electron chi connectivity index (χ0n) is 16.1. The van der Waals surface area contributed by atoms with E-state index in [2.05, 4.69) is 21.0 Å². The highest BCUT2D eigenvalue weighted by atomic mass is 16.2. The molecule has 0 saturated carbocycles. The van der Waals surface area contributed by atoms with Crippen LogP contribution in [0.4, 0.5) is 16.2 Å². The quantitative estimate of drug-likeness (QED) is 0.637. The molecule has 0 saturated heterocycles. The van der Waals surface area contributed by atoms with Crippen LogP contribution in [0.2, 0.25) is 0 Å². The number of amides is 3. The highest BCUT2D eigenvalue weighted by Gasteiger charge is 2.16. The summed E-state index contributed by atoms with van der Waals surface area (Å²) in [5, 5.41) is 12.6. The maximum atomic E-state index is 12.5. The number of nitrogens with one attached hydrogen (secondary N) is 3. The number of hydrogen-bond acceptors (Lipinski definition) is 3. The molecule has 0 atom stereocenters. The second kappa shape index (κ2) is 8.39. The summed E-state index contributed by atoms with van der Waals surface area (Å²) < 4.78 is 1.86. The number of benzene rings is 2. The summed E-state index contributed by atoms with van der Waals surface area (Å²) in [5.74, 6) is -0.120. The number of anilines is 2. The first-order valence-corrected chi connectivity index (χ1v) is 8.97. The summed E-state index contributed by atoms with van der Waals surface area (Å²) in [5.41, 5.74) is 4.98. The summed E-state index contributed by atoms with van der Waals surface area (Å²) >= 11 is 0. The van der Waals surface area contributed by atoms with Gasteiger partial charge in [-0.05, 0) is 50.2 Å². The topological polar surface area (TPSA) is 88.1 Å². The molecule has 3 rings (SSSR count). The first-order valence-electron chi connectivity index (χ1n) is 8.97. The monoisotopic (exact) mass is 377 g/mol. The van der Waals surface area contributed by atoms with Crippen LogP contribution < -0.4 is 16.0 Å². The van der Waals surface area contributed by atoms with Crippen molar-refractivity contribution in [2.45, 2.75) is 20.3 Å². The Morgan fingerprint density at radius 1 is 0.929 bits per heavy atom. The highest BCUT2D eigenvalue weighted by molar-refractivity contribution is 5.93. The number of nitrogens with zero attached hydrogens (tertiary/aromatic N) is 2. The molecule has 0 radical (unpaired) electrons. The van der Waals surface area contributed by atoms with E-state index in [1.54, 1.807) is 31.3 Å². The van der Waals surface area contributed by atoms with Crippen molar-refractivity contribution in [1.82, 2.24) is 15.1 Å². The summed E-state index contributed by atoms with van der Waals surface area (Å²) in [6.45, 7) is 3.88. The molecular formula is C21H23N5O2. The minimum Gasteiger partial charge on any atom is -0.341 e. The predicted molar refractivity (Wildman–Crippen MR) is 110 cm³/mol. The molecule has 3 amide bonds. The lowest BCUT2D eigenvalue weighted by molar-refractivity contribution is -0.115. The number of urea groups is 1. The average Bonchev–Trinajstić information content (AvgIpc) is 2.98. The fraction of sp³-hybridized carbons (Fsp3) is 0.190. The van der Waals surface area contributed by atoms with E-state index in [0.717, 1.165) is 22.6 Å². The fourth-order valence-electron chi connectivity index (χ4n) is 2.95. The Labute approximate surface area is 163 Å². The van der Waals surface area contributed by atoms with Crippen molar-refractivity contribution in [3.8, 4) is 5.69 Å². The highest BCUT2D eigenvalue weighted by Crippen LogP contribution is 2.19. The van der Waals surface area contributed by atoms with Gasteiger partial charge in [-0.15, -0.1) is 0 Å². The van der Waals surface area contributed by atoms with Crippen LogP contribution in [0, 0.1) is 13.8 Å². The third-order valence-corrected chi connectivity index (χ3v) is 4.43. The van der Waals surface area contributed by atoms with Gasteiger partial charge in [0.25, 0.3) is 0 Å². The first kappa shape index (κ1) is 19.2. The molecule has 3 N–H and O–H groups in total. The molecule has 144 valence electrons. The first-order chi connectivity index (χ1) is 13.5. The van der Waals surface area contributed by atoms with Gasteiger partial charge in [0, 0.05) is 29.7 Å². The Bertz CT molecular complexity index is 978. The number of para-hydroxylation sites is 1. The number of aromatic nitrogens is 2. The van der Waals surface area contributed by atoms with E-state index in [-0.39, 0.29) is 18.4 Å². The van der Waals surface area contributed by atoms with E-state index >= 15 is 0 Å². The van der Waals surface area contributed by atoms with Crippen molar-refractivity contribution in [3.63, 3.8) is 0 Å². The van der Waals surface area contributed by atoms with E-state index in [0.29, 0.717) is 11.4 Å². The van der Waals surface area contributed by atoms with Crippen LogP contribution in [-0.4, -0.2) is 28.8 Å². The Morgan fingerprint density at radius 3 is 2.14 bits per heavy atom. The van der Waals surface area contributed by atoms with Crippen LogP contribution >= 0.6 is 0 Å². The van der Waals surface area contributed by atoms with Crippen LogP contribution in [0.25, 0.3) is 5.69 Å². The molecule has 0 unspecified atom stereocenters. The maximum Gasteiger partial charge on any atom is 0.318 e. The lowest BCUT2D eigenvalue weighted by Crippen LogP contribution is -2.24. The van der Waals surface area contributed by atoms with Gasteiger partial charge in [0.2, 0.25) is 5.91 Å². The van der Waals surface area contributed by atoms with Gasteiger partial charge in [-0.2, -0.15) is 5.10 Å². The van der Waals surface area contributed by atoms with Crippen molar-refractivity contribution in [3.05, 3.63) is 71.5 Å². The van der Waals surface area contributed by atoms with Crippen molar-refractivity contribution < 1.29 is 9.59 Å². The van der Waals surface area contributed by atoms with Gasteiger partial charge in [-0.3, -0.25) is 4.79 Å². The minimum absolute atomic E-state index is 0.120. The van der Waals surface area contributed by atoms with Crippen LogP contribution in [0.3, 0.4) is 0 Å². The van der Waals surface area contributed by atoms with E-state index in [1.165, 1.54) is 0 Å². The summed E-state index contributed by atoms with van der Waals surface area (Å²) in [7, 11) is 1.55. The van der Waals surface area contributed by atoms with Crippen molar-refractivity contribution in [1.29, 1.82) is 0 Å². The SMILES string of the molecule is CNC(=O)Nc1ccc(NC(=O)Cc2c(C)nn(-c3ccccc3)c2C)cc1. The second-order valence-electron chi connectivity index (χ2n) is 6.40. The number of hydrogen-bond donors (Lipinski definition) is 3. The van der Waals surface area contributed by atoms with Crippen molar-refractivity contribution in [2.75, 3.05) is 17.7 Å². The smallest absolute Gasteiger partial charge is 0.318 e. The Kier molecular flexibility index (Phi) is 5.74. The third kappa shape index (κ3) is 4.37. The van der Waals surface area contributed by atoms with Crippen LogP contribution in [-0.2, 0) is 11.2 Å². The number of rotatable bonds is 5. The van der Waals surface area contributed by atoms with Gasteiger partial charge in [0.15, 0.2) is 0 Å². The van der Waals surface area contributed by atoms with E-state index in [9.17, 15) is 9.59 Å². The van der Waals surface area contributed by atoms with Gasteiger partial charge in [0.1, 0.15) is 0 Å². The normalized spacial score (nSPS) is 10.4. The molecule has 7 nitrogen and oxygen atoms in total. The zero-order chi connectivity index (χ0) is 20.1. The number of aryl methyl sites for hydroxylation is 1. The van der Waals surface area contributed by atoms with E-state index < -0.39 is 0 Å². The molecule has 0 spiro atoms. The van der Waals surface area contributed by atoms with Gasteiger partial charge < -0.3 is 16.0 Å². The molecule has 0 bridgehead atoms. The molecular weight excluding hydrogens is 354 g/mol. The lowest BCUT2D eigenvalue weighted by Gasteiger charge is -2.08. The van der Waals surface area contributed by atoms with Crippen LogP contribution in [0.5, 0.6) is 0 Å². The molecule has 7 heteroatoms. The largest absolute Gasteiger partial charge is 0.341 e. The molecule has 0 aliphatic rings. The molecule has 28 heavy (non-hydrogen) atoms. The van der Waals surface area contributed by atoms with Gasteiger partial charge >= 0.3 is 6.03 Å².